The standard InChI is InChI=1S/C27H28N4O6S/c1-28-24(32)16-31(38(4,34)35)19-12-10-18(11-13-19)29-26(17-8-6-5-7-9-17)25-20-14-22(36-2)23(37-3)15-21(20)30-27(25)33/h5-15,29H,16H2,1-4H3,(H,28,32)(H,30,33). The summed E-state index contributed by atoms with van der Waals surface area (Å²) in [6.07, 6.45) is 1.04. The van der Waals surface area contributed by atoms with Gasteiger partial charge in [-0.05, 0) is 35.9 Å². The van der Waals surface area contributed by atoms with Crippen LogP contribution in [0.3, 0.4) is 0 Å². The second-order valence-corrected chi connectivity index (χ2v) is 10.3. The summed E-state index contributed by atoms with van der Waals surface area (Å²) < 4.78 is 36.5. The lowest BCUT2D eigenvalue weighted by Crippen LogP contribution is -2.39. The number of anilines is 3. The maximum Gasteiger partial charge on any atom is 0.258 e. The minimum atomic E-state index is -3.70. The molecule has 38 heavy (non-hydrogen) atoms. The summed E-state index contributed by atoms with van der Waals surface area (Å²) in [5.41, 5.74) is 3.89. The topological polar surface area (TPSA) is 126 Å². The molecule has 2 amide bonds. The predicted molar refractivity (Wildman–Crippen MR) is 148 cm³/mol. The van der Waals surface area contributed by atoms with Crippen LogP contribution >= 0.6 is 0 Å². The highest BCUT2D eigenvalue weighted by Crippen LogP contribution is 2.43. The van der Waals surface area contributed by atoms with Gasteiger partial charge in [0.1, 0.15) is 6.54 Å². The summed E-state index contributed by atoms with van der Waals surface area (Å²) in [6, 6.07) is 19.4. The Morgan fingerprint density at radius 1 is 0.974 bits per heavy atom. The number of ether oxygens (including phenoxy) is 2. The average Bonchev–Trinajstić information content (AvgIpc) is 3.23. The number of carbonyl (C=O) groups is 2. The molecule has 3 N–H and O–H groups in total. The number of carbonyl (C=O) groups excluding carboxylic acids is 2. The summed E-state index contributed by atoms with van der Waals surface area (Å²) in [5, 5.41) is 8.65. The van der Waals surface area contributed by atoms with Crippen LogP contribution in [0.4, 0.5) is 17.1 Å². The van der Waals surface area contributed by atoms with Gasteiger partial charge in [-0.15, -0.1) is 0 Å². The van der Waals surface area contributed by atoms with Gasteiger partial charge in [-0.2, -0.15) is 0 Å². The van der Waals surface area contributed by atoms with E-state index < -0.39 is 15.9 Å². The SMILES string of the molecule is CNC(=O)CN(c1ccc(NC(=C2C(=O)Nc3cc(OC)c(OC)cc32)c2ccccc2)cc1)S(C)(=O)=O. The second-order valence-electron chi connectivity index (χ2n) is 8.44. The lowest BCUT2D eigenvalue weighted by atomic mass is 9.99. The van der Waals surface area contributed by atoms with E-state index in [1.165, 1.54) is 21.3 Å². The first-order valence-electron chi connectivity index (χ1n) is 11.6. The number of sulfonamides is 1. The van der Waals surface area contributed by atoms with E-state index in [1.54, 1.807) is 36.4 Å². The molecule has 198 valence electrons. The number of hydrogen-bond acceptors (Lipinski definition) is 7. The van der Waals surface area contributed by atoms with Gasteiger partial charge in [0.2, 0.25) is 15.9 Å². The third kappa shape index (κ3) is 5.42. The van der Waals surface area contributed by atoms with Crippen molar-refractivity contribution in [2.24, 2.45) is 0 Å². The Morgan fingerprint density at radius 2 is 1.61 bits per heavy atom. The molecule has 0 aliphatic carbocycles. The molecule has 0 aromatic heterocycles. The van der Waals surface area contributed by atoms with Crippen LogP contribution in [0.15, 0.2) is 66.7 Å². The monoisotopic (exact) mass is 536 g/mol. The predicted octanol–water partition coefficient (Wildman–Crippen LogP) is 3.15. The summed E-state index contributed by atoms with van der Waals surface area (Å²) >= 11 is 0. The van der Waals surface area contributed by atoms with Crippen molar-refractivity contribution in [1.82, 2.24) is 5.32 Å². The lowest BCUT2D eigenvalue weighted by Gasteiger charge is -2.22. The van der Waals surface area contributed by atoms with Crippen LogP contribution in [-0.4, -0.2) is 54.3 Å². The molecular formula is C27H28N4O6S. The fourth-order valence-electron chi connectivity index (χ4n) is 4.09. The van der Waals surface area contributed by atoms with Crippen molar-refractivity contribution in [2.75, 3.05) is 49.0 Å². The van der Waals surface area contributed by atoms with Gasteiger partial charge in [-0.3, -0.25) is 13.9 Å². The van der Waals surface area contributed by atoms with Crippen LogP contribution in [0, 0.1) is 0 Å². The molecule has 3 aromatic carbocycles. The van der Waals surface area contributed by atoms with Crippen molar-refractivity contribution in [1.29, 1.82) is 0 Å². The zero-order chi connectivity index (χ0) is 27.4. The Balaban J connectivity index is 1.78. The highest BCUT2D eigenvalue weighted by molar-refractivity contribution is 7.92. The van der Waals surface area contributed by atoms with Gasteiger partial charge in [0.15, 0.2) is 11.5 Å². The fourth-order valence-corrected chi connectivity index (χ4v) is 4.95. The smallest absolute Gasteiger partial charge is 0.258 e. The molecule has 0 saturated carbocycles. The van der Waals surface area contributed by atoms with E-state index in [4.69, 9.17) is 9.47 Å². The van der Waals surface area contributed by atoms with E-state index in [9.17, 15) is 18.0 Å². The molecule has 4 rings (SSSR count). The molecule has 0 radical (unpaired) electrons. The maximum absolute atomic E-state index is 13.2. The number of hydrogen-bond donors (Lipinski definition) is 3. The van der Waals surface area contributed by atoms with Crippen LogP contribution in [0.2, 0.25) is 0 Å². The third-order valence-corrected chi connectivity index (χ3v) is 7.11. The van der Waals surface area contributed by atoms with Crippen molar-refractivity contribution in [3.8, 4) is 11.5 Å². The van der Waals surface area contributed by atoms with E-state index in [1.807, 2.05) is 30.3 Å². The summed E-state index contributed by atoms with van der Waals surface area (Å²) in [5.74, 6) is 0.234. The number of fused-ring (bicyclic) bond motifs is 1. The molecule has 0 atom stereocenters. The van der Waals surface area contributed by atoms with Gasteiger partial charge < -0.3 is 25.4 Å². The van der Waals surface area contributed by atoms with Gasteiger partial charge >= 0.3 is 0 Å². The lowest BCUT2D eigenvalue weighted by molar-refractivity contribution is -0.119. The minimum absolute atomic E-state index is 0.299. The fraction of sp³-hybridized carbons (Fsp3) is 0.185. The van der Waals surface area contributed by atoms with Crippen molar-refractivity contribution < 1.29 is 27.5 Å². The zero-order valence-electron chi connectivity index (χ0n) is 21.4. The van der Waals surface area contributed by atoms with Crippen LogP contribution in [0.5, 0.6) is 11.5 Å². The summed E-state index contributed by atoms with van der Waals surface area (Å²) in [7, 11) is 0.795. The van der Waals surface area contributed by atoms with Crippen molar-refractivity contribution >= 4 is 50.2 Å². The Hall–Kier alpha value is -4.51. The van der Waals surface area contributed by atoms with Crippen LogP contribution in [0.1, 0.15) is 11.1 Å². The summed E-state index contributed by atoms with van der Waals surface area (Å²) in [6.45, 7) is -0.344. The van der Waals surface area contributed by atoms with Crippen LogP contribution in [-0.2, 0) is 19.6 Å². The van der Waals surface area contributed by atoms with Gasteiger partial charge in [0, 0.05) is 24.4 Å². The molecule has 10 nitrogen and oxygen atoms in total. The number of amides is 2. The van der Waals surface area contributed by atoms with E-state index in [2.05, 4.69) is 16.0 Å². The van der Waals surface area contributed by atoms with Crippen LogP contribution in [0.25, 0.3) is 11.3 Å². The largest absolute Gasteiger partial charge is 0.493 e. The Labute approximate surface area is 221 Å². The molecule has 1 heterocycles. The van der Waals surface area contributed by atoms with Gasteiger partial charge in [-0.25, -0.2) is 8.42 Å². The highest BCUT2D eigenvalue weighted by Gasteiger charge is 2.30. The summed E-state index contributed by atoms with van der Waals surface area (Å²) in [4.78, 5) is 25.1. The van der Waals surface area contributed by atoms with Gasteiger partial charge in [0.25, 0.3) is 5.91 Å². The molecule has 0 unspecified atom stereocenters. The molecule has 0 bridgehead atoms. The average molecular weight is 537 g/mol. The number of nitrogens with zero attached hydrogens (tertiary/aromatic N) is 1. The Kier molecular flexibility index (Phi) is 7.58. The molecule has 1 aliphatic heterocycles. The molecule has 0 saturated heterocycles. The number of rotatable bonds is 9. The van der Waals surface area contributed by atoms with Crippen molar-refractivity contribution in [2.45, 2.75) is 0 Å². The first-order chi connectivity index (χ1) is 18.2. The number of methoxy groups -OCH3 is 2. The molecular weight excluding hydrogens is 508 g/mol. The molecule has 0 fully saturated rings. The van der Waals surface area contributed by atoms with Gasteiger partial charge in [0.05, 0.1) is 43.1 Å². The number of benzene rings is 3. The quantitative estimate of drug-likeness (QED) is 0.359. The first-order valence-corrected chi connectivity index (χ1v) is 13.4. The number of nitrogens with one attached hydrogen (secondary N) is 3. The molecule has 0 spiro atoms. The molecule has 1 aliphatic rings. The van der Waals surface area contributed by atoms with E-state index in [-0.39, 0.29) is 12.5 Å². The van der Waals surface area contributed by atoms with E-state index in [0.717, 1.165) is 16.1 Å². The Morgan fingerprint density at radius 3 is 2.18 bits per heavy atom. The zero-order valence-corrected chi connectivity index (χ0v) is 22.2. The van der Waals surface area contributed by atoms with Crippen LogP contribution < -0.4 is 29.7 Å². The van der Waals surface area contributed by atoms with E-state index in [0.29, 0.717) is 45.4 Å². The number of likely N-dealkylation sites (N-methyl/N-ethyl adjacent to an activating group) is 1. The first kappa shape index (κ1) is 26.6. The Bertz CT molecular complexity index is 1500. The third-order valence-electron chi connectivity index (χ3n) is 5.97. The maximum atomic E-state index is 13.2. The second kappa shape index (κ2) is 10.9. The van der Waals surface area contributed by atoms with E-state index >= 15 is 0 Å². The van der Waals surface area contributed by atoms with Gasteiger partial charge in [-0.1, -0.05) is 30.3 Å². The molecule has 3 aromatic rings. The molecule has 11 heteroatoms. The minimum Gasteiger partial charge on any atom is -0.493 e. The van der Waals surface area contributed by atoms with Crippen molar-refractivity contribution in [3.05, 3.63) is 77.9 Å². The van der Waals surface area contributed by atoms with Crippen molar-refractivity contribution in [3.63, 3.8) is 0 Å². The highest BCUT2D eigenvalue weighted by atomic mass is 32.2. The normalized spacial score (nSPS) is 13.7.